The molecule has 0 bridgehead atoms. The van der Waals surface area contributed by atoms with Crippen LogP contribution in [0.25, 0.3) is 0 Å². The summed E-state index contributed by atoms with van der Waals surface area (Å²) in [6.45, 7) is 1.94. The average Bonchev–Trinajstić information content (AvgIpc) is 2.45. The van der Waals surface area contributed by atoms with Crippen LogP contribution in [0.5, 0.6) is 0 Å². The van der Waals surface area contributed by atoms with Gasteiger partial charge in [-0.2, -0.15) is 0 Å². The summed E-state index contributed by atoms with van der Waals surface area (Å²) in [6.07, 6.45) is 1.09. The molecule has 1 rings (SSSR count). The Balaban J connectivity index is 2.37. The predicted octanol–water partition coefficient (Wildman–Crippen LogP) is 1.81. The molecule has 1 atom stereocenters. The van der Waals surface area contributed by atoms with Gasteiger partial charge >= 0.3 is 0 Å². The van der Waals surface area contributed by atoms with E-state index < -0.39 is 0 Å². The van der Waals surface area contributed by atoms with E-state index in [1.807, 2.05) is 37.3 Å². The molecule has 6 heteroatoms. The lowest BCUT2D eigenvalue weighted by molar-refractivity contribution is -0.119. The highest BCUT2D eigenvalue weighted by atomic mass is 32.2. The van der Waals surface area contributed by atoms with Crippen molar-refractivity contribution in [3.63, 3.8) is 0 Å². The Morgan fingerprint density at radius 1 is 1.47 bits per heavy atom. The number of hydrogen-bond acceptors (Lipinski definition) is 4. The topological polar surface area (TPSA) is 87.7 Å². The molecule has 1 unspecified atom stereocenters. The van der Waals surface area contributed by atoms with Crippen LogP contribution in [0, 0.1) is 0 Å². The number of carbonyl (C=O) groups excluding carboxylic acids is 1. The molecule has 0 heterocycles. The zero-order valence-corrected chi connectivity index (χ0v) is 11.7. The van der Waals surface area contributed by atoms with Crippen molar-refractivity contribution in [1.82, 2.24) is 5.32 Å². The van der Waals surface area contributed by atoms with Gasteiger partial charge in [0.25, 0.3) is 0 Å². The van der Waals surface area contributed by atoms with Gasteiger partial charge in [0.05, 0.1) is 5.75 Å². The Morgan fingerprint density at radius 2 is 2.16 bits per heavy atom. The molecule has 5 nitrogen and oxygen atoms in total. The third-order valence-corrected chi connectivity index (χ3v) is 3.57. The Kier molecular flexibility index (Phi) is 6.81. The van der Waals surface area contributed by atoms with E-state index in [0.717, 1.165) is 11.3 Å². The lowest BCUT2D eigenvalue weighted by Gasteiger charge is -2.15. The van der Waals surface area contributed by atoms with Crippen molar-refractivity contribution in [2.75, 3.05) is 5.75 Å². The first-order chi connectivity index (χ1) is 9.15. The van der Waals surface area contributed by atoms with E-state index >= 15 is 0 Å². The number of hydrogen-bond donors (Lipinski definition) is 3. The van der Waals surface area contributed by atoms with E-state index in [-0.39, 0.29) is 17.8 Å². The van der Waals surface area contributed by atoms with Gasteiger partial charge < -0.3 is 16.3 Å². The van der Waals surface area contributed by atoms with E-state index in [0.29, 0.717) is 12.2 Å². The SMILES string of the molecule is CCC(CC(N)=NO)NC(=O)CSc1ccccc1. The second kappa shape index (κ2) is 8.42. The summed E-state index contributed by atoms with van der Waals surface area (Å²) in [5, 5.41) is 14.3. The maximum absolute atomic E-state index is 11.8. The molecule has 0 saturated carbocycles. The molecule has 4 N–H and O–H groups in total. The van der Waals surface area contributed by atoms with E-state index in [1.54, 1.807) is 0 Å². The summed E-state index contributed by atoms with van der Waals surface area (Å²) in [5.41, 5.74) is 5.43. The minimum atomic E-state index is -0.0974. The molecular weight excluding hydrogens is 262 g/mol. The molecule has 0 aliphatic carbocycles. The summed E-state index contributed by atoms with van der Waals surface area (Å²) in [6, 6.07) is 9.65. The van der Waals surface area contributed by atoms with Crippen LogP contribution in [0.4, 0.5) is 0 Å². The lowest BCUT2D eigenvalue weighted by Crippen LogP contribution is -2.38. The van der Waals surface area contributed by atoms with Gasteiger partial charge in [0.2, 0.25) is 5.91 Å². The van der Waals surface area contributed by atoms with Crippen LogP contribution in [0.1, 0.15) is 19.8 Å². The van der Waals surface area contributed by atoms with Crippen LogP contribution in [-0.4, -0.2) is 28.7 Å². The van der Waals surface area contributed by atoms with Gasteiger partial charge in [0, 0.05) is 17.4 Å². The molecular formula is C13H19N3O2S. The Bertz CT molecular complexity index is 423. The summed E-state index contributed by atoms with van der Waals surface area (Å²) in [4.78, 5) is 12.8. The second-order valence-electron chi connectivity index (χ2n) is 4.07. The number of thioether (sulfide) groups is 1. The molecule has 104 valence electrons. The molecule has 0 saturated heterocycles. The second-order valence-corrected chi connectivity index (χ2v) is 5.12. The summed E-state index contributed by atoms with van der Waals surface area (Å²) in [7, 11) is 0. The maximum atomic E-state index is 11.8. The maximum Gasteiger partial charge on any atom is 0.230 e. The van der Waals surface area contributed by atoms with Crippen molar-refractivity contribution in [3.05, 3.63) is 30.3 Å². The number of benzene rings is 1. The van der Waals surface area contributed by atoms with Gasteiger partial charge in [-0.05, 0) is 18.6 Å². The van der Waals surface area contributed by atoms with E-state index in [4.69, 9.17) is 10.9 Å². The summed E-state index contributed by atoms with van der Waals surface area (Å²) < 4.78 is 0. The quantitative estimate of drug-likeness (QED) is 0.234. The Hall–Kier alpha value is -1.69. The number of amidine groups is 1. The largest absolute Gasteiger partial charge is 0.409 e. The van der Waals surface area contributed by atoms with Gasteiger partial charge in [0.1, 0.15) is 5.84 Å². The third-order valence-electron chi connectivity index (χ3n) is 2.56. The van der Waals surface area contributed by atoms with Gasteiger partial charge in [-0.25, -0.2) is 0 Å². The summed E-state index contributed by atoms with van der Waals surface area (Å²) >= 11 is 1.48. The molecule has 0 fully saturated rings. The number of oxime groups is 1. The average molecular weight is 281 g/mol. The fourth-order valence-corrected chi connectivity index (χ4v) is 2.26. The minimum absolute atomic E-state index is 0.0496. The van der Waals surface area contributed by atoms with Crippen molar-refractivity contribution in [2.24, 2.45) is 10.9 Å². The first-order valence-corrected chi connectivity index (χ1v) is 7.07. The number of rotatable bonds is 7. The standard InChI is InChI=1S/C13H19N3O2S/c1-2-10(8-12(14)16-18)15-13(17)9-19-11-6-4-3-5-7-11/h3-7,10,18H,2,8-9H2,1H3,(H2,14,16)(H,15,17). The van der Waals surface area contributed by atoms with Crippen molar-refractivity contribution in [3.8, 4) is 0 Å². The fourth-order valence-electron chi connectivity index (χ4n) is 1.53. The Labute approximate surface area is 117 Å². The first-order valence-electron chi connectivity index (χ1n) is 6.09. The van der Waals surface area contributed by atoms with E-state index in [9.17, 15) is 4.79 Å². The van der Waals surface area contributed by atoms with E-state index in [2.05, 4.69) is 10.5 Å². The molecule has 0 radical (unpaired) electrons. The number of amides is 1. The predicted molar refractivity (Wildman–Crippen MR) is 77.4 cm³/mol. The van der Waals surface area contributed by atoms with Crippen LogP contribution in [-0.2, 0) is 4.79 Å². The molecule has 0 aromatic heterocycles. The lowest BCUT2D eigenvalue weighted by atomic mass is 10.1. The van der Waals surface area contributed by atoms with Gasteiger partial charge in [-0.15, -0.1) is 11.8 Å². The van der Waals surface area contributed by atoms with Crippen LogP contribution >= 0.6 is 11.8 Å². The number of nitrogens with zero attached hydrogens (tertiary/aromatic N) is 1. The van der Waals surface area contributed by atoms with Crippen LogP contribution in [0.3, 0.4) is 0 Å². The highest BCUT2D eigenvalue weighted by Crippen LogP contribution is 2.16. The first kappa shape index (κ1) is 15.4. The minimum Gasteiger partial charge on any atom is -0.409 e. The van der Waals surface area contributed by atoms with E-state index in [1.165, 1.54) is 11.8 Å². The molecule has 0 aliphatic heterocycles. The normalized spacial score (nSPS) is 13.0. The molecule has 1 aromatic rings. The monoisotopic (exact) mass is 281 g/mol. The molecule has 19 heavy (non-hydrogen) atoms. The fraction of sp³-hybridized carbons (Fsp3) is 0.385. The van der Waals surface area contributed by atoms with Gasteiger partial charge in [-0.3, -0.25) is 4.79 Å². The van der Waals surface area contributed by atoms with Crippen molar-refractivity contribution < 1.29 is 10.0 Å². The van der Waals surface area contributed by atoms with Crippen LogP contribution in [0.2, 0.25) is 0 Å². The molecule has 0 aliphatic rings. The number of nitrogens with one attached hydrogen (secondary N) is 1. The molecule has 1 aromatic carbocycles. The number of nitrogens with two attached hydrogens (primary N) is 1. The van der Waals surface area contributed by atoms with Crippen molar-refractivity contribution >= 4 is 23.5 Å². The van der Waals surface area contributed by atoms with Gasteiger partial charge in [0.15, 0.2) is 0 Å². The highest BCUT2D eigenvalue weighted by molar-refractivity contribution is 8.00. The Morgan fingerprint density at radius 3 is 2.74 bits per heavy atom. The summed E-state index contributed by atoms with van der Waals surface area (Å²) in [5.74, 6) is 0.436. The third kappa shape index (κ3) is 6.15. The van der Waals surface area contributed by atoms with Crippen molar-refractivity contribution in [1.29, 1.82) is 0 Å². The zero-order valence-electron chi connectivity index (χ0n) is 10.9. The number of carbonyl (C=O) groups is 1. The highest BCUT2D eigenvalue weighted by Gasteiger charge is 2.12. The van der Waals surface area contributed by atoms with Crippen LogP contribution < -0.4 is 11.1 Å². The molecule has 1 amide bonds. The van der Waals surface area contributed by atoms with Gasteiger partial charge in [-0.1, -0.05) is 30.3 Å². The molecule has 0 spiro atoms. The van der Waals surface area contributed by atoms with Crippen molar-refractivity contribution in [2.45, 2.75) is 30.7 Å². The smallest absolute Gasteiger partial charge is 0.230 e. The van der Waals surface area contributed by atoms with Crippen LogP contribution in [0.15, 0.2) is 40.4 Å². The zero-order chi connectivity index (χ0) is 14.1.